The van der Waals surface area contributed by atoms with Gasteiger partial charge in [-0.25, -0.2) is 0 Å². The summed E-state index contributed by atoms with van der Waals surface area (Å²) in [5.41, 5.74) is 2.82. The van der Waals surface area contributed by atoms with E-state index in [0.717, 1.165) is 0 Å². The quantitative estimate of drug-likeness (QED) is 0.750. The monoisotopic (exact) mass is 283 g/mol. The SMILES string of the molecule is C[Si](C)c1ccc([Si](C)(C)C)cc1-c1ccccc1. The second-order valence-corrected chi connectivity index (χ2v) is 14.0. The first-order chi connectivity index (χ1) is 8.89. The van der Waals surface area contributed by atoms with Crippen molar-refractivity contribution >= 4 is 27.2 Å². The highest BCUT2D eigenvalue weighted by Gasteiger charge is 2.19. The second-order valence-electron chi connectivity index (χ2n) is 6.38. The third-order valence-electron chi connectivity index (χ3n) is 3.51. The lowest BCUT2D eigenvalue weighted by molar-refractivity contribution is 1.63. The Morgan fingerprint density at radius 1 is 0.842 bits per heavy atom. The van der Waals surface area contributed by atoms with Gasteiger partial charge in [0.1, 0.15) is 0 Å². The van der Waals surface area contributed by atoms with Crippen molar-refractivity contribution in [1.82, 2.24) is 0 Å². The van der Waals surface area contributed by atoms with Gasteiger partial charge in [-0.1, -0.05) is 91.6 Å². The molecule has 0 aliphatic rings. The molecule has 0 heterocycles. The summed E-state index contributed by atoms with van der Waals surface area (Å²) in [5.74, 6) is 0. The van der Waals surface area contributed by atoms with Crippen molar-refractivity contribution in [3.63, 3.8) is 0 Å². The Morgan fingerprint density at radius 2 is 1.47 bits per heavy atom. The van der Waals surface area contributed by atoms with Crippen LogP contribution in [0.1, 0.15) is 0 Å². The maximum absolute atomic E-state index is 2.45. The maximum atomic E-state index is 2.45. The summed E-state index contributed by atoms with van der Waals surface area (Å²) in [6, 6.07) is 18.0. The number of hydrogen-bond acceptors (Lipinski definition) is 0. The first kappa shape index (κ1) is 14.3. The van der Waals surface area contributed by atoms with E-state index in [4.69, 9.17) is 0 Å². The Bertz CT molecular complexity index is 551. The lowest BCUT2D eigenvalue weighted by Crippen LogP contribution is -2.39. The van der Waals surface area contributed by atoms with Crippen LogP contribution in [-0.4, -0.2) is 16.9 Å². The van der Waals surface area contributed by atoms with Crippen LogP contribution in [0.3, 0.4) is 0 Å². The van der Waals surface area contributed by atoms with Gasteiger partial charge in [-0.05, 0) is 11.1 Å². The molecular weight excluding hydrogens is 260 g/mol. The summed E-state index contributed by atoms with van der Waals surface area (Å²) in [4.78, 5) is 0. The van der Waals surface area contributed by atoms with Crippen LogP contribution in [0.5, 0.6) is 0 Å². The molecule has 2 rings (SSSR count). The highest BCUT2D eigenvalue weighted by atomic mass is 28.3. The Labute approximate surface area is 120 Å². The third kappa shape index (κ3) is 3.25. The van der Waals surface area contributed by atoms with Gasteiger partial charge in [0.2, 0.25) is 0 Å². The first-order valence-corrected chi connectivity index (χ1v) is 12.9. The molecule has 0 spiro atoms. The molecule has 0 N–H and O–H groups in total. The van der Waals surface area contributed by atoms with Crippen LogP contribution in [0.2, 0.25) is 32.7 Å². The lowest BCUT2D eigenvalue weighted by atomic mass is 10.1. The average molecular weight is 284 g/mol. The zero-order valence-electron chi connectivity index (χ0n) is 12.6. The van der Waals surface area contributed by atoms with Crippen LogP contribution < -0.4 is 10.4 Å². The lowest BCUT2D eigenvalue weighted by Gasteiger charge is -2.21. The van der Waals surface area contributed by atoms with Gasteiger partial charge in [0.15, 0.2) is 0 Å². The van der Waals surface area contributed by atoms with Gasteiger partial charge >= 0.3 is 0 Å². The van der Waals surface area contributed by atoms with Crippen LogP contribution in [0.25, 0.3) is 11.1 Å². The normalized spacial score (nSPS) is 11.9. The van der Waals surface area contributed by atoms with Crippen LogP contribution >= 0.6 is 0 Å². The van der Waals surface area contributed by atoms with Crippen LogP contribution in [-0.2, 0) is 0 Å². The molecule has 0 fully saturated rings. The molecule has 0 bridgehead atoms. The molecule has 0 atom stereocenters. The fourth-order valence-corrected chi connectivity index (χ4v) is 4.64. The minimum atomic E-state index is -1.24. The minimum Gasteiger partial charge on any atom is -0.0671 e. The van der Waals surface area contributed by atoms with Crippen molar-refractivity contribution in [2.24, 2.45) is 0 Å². The summed E-state index contributed by atoms with van der Waals surface area (Å²) in [7, 11) is -1.68. The Balaban J connectivity index is 2.61. The summed E-state index contributed by atoms with van der Waals surface area (Å²) in [6.07, 6.45) is 0. The molecule has 0 aliphatic heterocycles. The van der Waals surface area contributed by atoms with Crippen LogP contribution in [0, 0.1) is 0 Å². The molecule has 0 amide bonds. The van der Waals surface area contributed by atoms with Gasteiger partial charge in [0, 0.05) is 0 Å². The van der Waals surface area contributed by atoms with E-state index in [1.165, 1.54) is 11.1 Å². The molecule has 0 aromatic heterocycles. The van der Waals surface area contributed by atoms with E-state index in [1.54, 1.807) is 10.4 Å². The van der Waals surface area contributed by atoms with Crippen molar-refractivity contribution < 1.29 is 0 Å². The van der Waals surface area contributed by atoms with Crippen molar-refractivity contribution in [2.45, 2.75) is 32.7 Å². The second kappa shape index (κ2) is 5.47. The average Bonchev–Trinajstić information content (AvgIpc) is 2.38. The van der Waals surface area contributed by atoms with Crippen molar-refractivity contribution in [1.29, 1.82) is 0 Å². The molecule has 0 nitrogen and oxygen atoms in total. The van der Waals surface area contributed by atoms with Gasteiger partial charge in [-0.3, -0.25) is 0 Å². The molecule has 0 saturated carbocycles. The van der Waals surface area contributed by atoms with E-state index < -0.39 is 16.9 Å². The summed E-state index contributed by atoms with van der Waals surface area (Å²) in [5, 5.41) is 3.11. The van der Waals surface area contributed by atoms with E-state index >= 15 is 0 Å². The van der Waals surface area contributed by atoms with Gasteiger partial charge in [-0.15, -0.1) is 0 Å². The predicted octanol–water partition coefficient (Wildman–Crippen LogP) is 3.86. The Kier molecular flexibility index (Phi) is 4.11. The standard InChI is InChI=1S/C17H23Si2/c1-18(2)17-12-11-15(19(3,4)5)13-16(17)14-9-7-6-8-10-14/h6-13H,1-5H3. The third-order valence-corrected chi connectivity index (χ3v) is 7.07. The predicted molar refractivity (Wildman–Crippen MR) is 92.0 cm³/mol. The van der Waals surface area contributed by atoms with Gasteiger partial charge < -0.3 is 0 Å². The zero-order valence-corrected chi connectivity index (χ0v) is 14.6. The molecule has 2 heteroatoms. The molecule has 19 heavy (non-hydrogen) atoms. The number of benzene rings is 2. The Morgan fingerprint density at radius 3 is 2.00 bits per heavy atom. The van der Waals surface area contributed by atoms with Crippen LogP contribution in [0.15, 0.2) is 48.5 Å². The minimum absolute atomic E-state index is 0.435. The largest absolute Gasteiger partial charge is 0.0799 e. The molecule has 1 radical (unpaired) electrons. The summed E-state index contributed by atoms with van der Waals surface area (Å²) < 4.78 is 0. The van der Waals surface area contributed by atoms with E-state index in [9.17, 15) is 0 Å². The van der Waals surface area contributed by atoms with Crippen molar-refractivity contribution in [2.75, 3.05) is 0 Å². The number of rotatable bonds is 3. The molecule has 0 unspecified atom stereocenters. The highest BCUT2D eigenvalue weighted by molar-refractivity contribution is 6.88. The van der Waals surface area contributed by atoms with Crippen molar-refractivity contribution in [3.05, 3.63) is 48.5 Å². The molecule has 2 aromatic rings. The van der Waals surface area contributed by atoms with E-state index in [-0.39, 0.29) is 0 Å². The van der Waals surface area contributed by atoms with Gasteiger partial charge in [-0.2, -0.15) is 0 Å². The van der Waals surface area contributed by atoms with E-state index in [1.807, 2.05) is 0 Å². The molecule has 0 aliphatic carbocycles. The molecule has 2 aromatic carbocycles. The summed E-state index contributed by atoms with van der Waals surface area (Å²) >= 11 is 0. The van der Waals surface area contributed by atoms with E-state index in [0.29, 0.717) is 0 Å². The molecule has 0 saturated heterocycles. The first-order valence-electron chi connectivity index (χ1n) is 6.90. The van der Waals surface area contributed by atoms with Gasteiger partial charge in [0.05, 0.1) is 16.9 Å². The van der Waals surface area contributed by atoms with Crippen LogP contribution in [0.4, 0.5) is 0 Å². The topological polar surface area (TPSA) is 0 Å². The Hall–Kier alpha value is -1.13. The van der Waals surface area contributed by atoms with Gasteiger partial charge in [0.25, 0.3) is 0 Å². The molecule has 99 valence electrons. The maximum Gasteiger partial charge on any atom is 0.0799 e. The van der Waals surface area contributed by atoms with E-state index in [2.05, 4.69) is 81.3 Å². The highest BCUT2D eigenvalue weighted by Crippen LogP contribution is 2.18. The van der Waals surface area contributed by atoms with Crippen molar-refractivity contribution in [3.8, 4) is 11.1 Å². The number of hydrogen-bond donors (Lipinski definition) is 0. The fourth-order valence-electron chi connectivity index (χ4n) is 2.30. The zero-order chi connectivity index (χ0) is 14.0. The fraction of sp³-hybridized carbons (Fsp3) is 0.294. The smallest absolute Gasteiger partial charge is 0.0671 e. The molecular formula is C17H23Si2. The summed E-state index contributed by atoms with van der Waals surface area (Å²) in [6.45, 7) is 12.0.